The molecule has 5 aromatic rings. The third kappa shape index (κ3) is 9.94. The highest BCUT2D eigenvalue weighted by atomic mass is 32.2. The van der Waals surface area contributed by atoms with Gasteiger partial charge < -0.3 is 26.2 Å². The van der Waals surface area contributed by atoms with Crippen LogP contribution in [0.5, 0.6) is 0 Å². The number of hydrogen-bond acceptors (Lipinski definition) is 6. The Morgan fingerprint density at radius 1 is 0.660 bits per heavy atom. The lowest BCUT2D eigenvalue weighted by Crippen LogP contribution is -2.30. The number of thioether (sulfide) groups is 1. The smallest absolute Gasteiger partial charge is 0.272 e. The normalized spacial score (nSPS) is 11.5. The van der Waals surface area contributed by atoms with Gasteiger partial charge in [0.2, 0.25) is 11.8 Å². The van der Waals surface area contributed by atoms with Gasteiger partial charge in [0.1, 0.15) is 10.9 Å². The monoisotopic (exact) mass is 683 g/mol. The third-order valence-corrected chi connectivity index (χ3v) is 8.66. The molecule has 0 saturated carbocycles. The van der Waals surface area contributed by atoms with Gasteiger partial charge in [-0.05, 0) is 83.9 Å². The highest BCUT2D eigenvalue weighted by Gasteiger charge is 2.23. The summed E-state index contributed by atoms with van der Waals surface area (Å²) in [7, 11) is 3.89. The van der Waals surface area contributed by atoms with Crippen LogP contribution in [0.1, 0.15) is 33.7 Å². The zero-order valence-electron chi connectivity index (χ0n) is 27.8. The molecule has 0 aliphatic carbocycles. The van der Waals surface area contributed by atoms with E-state index in [-0.39, 0.29) is 17.5 Å². The summed E-state index contributed by atoms with van der Waals surface area (Å²) in [6.07, 6.45) is 1.63. The minimum atomic E-state index is -0.622. The minimum Gasteiger partial charge on any atom is -0.378 e. The lowest BCUT2D eigenvalue weighted by atomic mass is 10.1. The second-order valence-electron chi connectivity index (χ2n) is 11.5. The number of carbonyl (C=O) groups excluding carboxylic acids is 4. The standard InChI is InChI=1S/C40H37N5O4S/c1-27(46)41-31-19-21-32(22-20-31)42-40(49)37(29-11-6-4-7-12-29)50-35-16-10-15-33(26-35)43-39(48)36(44-38(47)30-13-8-5-9-14-30)25-28-17-23-34(24-18-28)45(2)3/h4-26,37H,1-3H3,(H,41,46)(H,42,49)(H,43,48)(H,44,47)/b36-25+. The maximum atomic E-state index is 13.7. The van der Waals surface area contributed by atoms with Gasteiger partial charge in [-0.2, -0.15) is 0 Å². The Balaban J connectivity index is 1.36. The molecule has 0 aromatic heterocycles. The first kappa shape index (κ1) is 35.2. The fourth-order valence-electron chi connectivity index (χ4n) is 4.91. The summed E-state index contributed by atoms with van der Waals surface area (Å²) in [5.74, 6) is -1.34. The van der Waals surface area contributed by atoms with E-state index in [1.165, 1.54) is 18.7 Å². The average molecular weight is 684 g/mol. The molecule has 9 nitrogen and oxygen atoms in total. The predicted octanol–water partition coefficient (Wildman–Crippen LogP) is 7.59. The molecule has 1 unspecified atom stereocenters. The number of carbonyl (C=O) groups is 4. The molecule has 0 bridgehead atoms. The van der Waals surface area contributed by atoms with Crippen LogP contribution in [0.15, 0.2) is 144 Å². The summed E-state index contributed by atoms with van der Waals surface area (Å²) in [5.41, 5.74) is 4.72. The van der Waals surface area contributed by atoms with E-state index in [0.717, 1.165) is 21.7 Å². The third-order valence-electron chi connectivity index (χ3n) is 7.41. The Kier molecular flexibility index (Phi) is 11.8. The molecule has 4 amide bonds. The van der Waals surface area contributed by atoms with E-state index in [2.05, 4.69) is 21.3 Å². The maximum absolute atomic E-state index is 13.7. The van der Waals surface area contributed by atoms with Crippen LogP contribution in [0.4, 0.5) is 22.7 Å². The molecule has 1 atom stereocenters. The van der Waals surface area contributed by atoms with Gasteiger partial charge in [0.15, 0.2) is 0 Å². The summed E-state index contributed by atoms with van der Waals surface area (Å²) < 4.78 is 0. The highest BCUT2D eigenvalue weighted by molar-refractivity contribution is 8.00. The Morgan fingerprint density at radius 3 is 1.90 bits per heavy atom. The number of amides is 4. The Morgan fingerprint density at radius 2 is 1.28 bits per heavy atom. The van der Waals surface area contributed by atoms with Gasteiger partial charge in [-0.3, -0.25) is 19.2 Å². The van der Waals surface area contributed by atoms with Crippen LogP contribution in [0.2, 0.25) is 0 Å². The van der Waals surface area contributed by atoms with Crippen molar-refractivity contribution in [1.29, 1.82) is 0 Å². The van der Waals surface area contributed by atoms with Crippen LogP contribution < -0.4 is 26.2 Å². The molecule has 0 spiro atoms. The first-order valence-electron chi connectivity index (χ1n) is 15.8. The minimum absolute atomic E-state index is 0.0700. The average Bonchev–Trinajstić information content (AvgIpc) is 3.12. The molecule has 0 heterocycles. The SMILES string of the molecule is CC(=O)Nc1ccc(NC(=O)C(Sc2cccc(NC(=O)/C(=C\c3ccc(N(C)C)cc3)NC(=O)c3ccccc3)c2)c2ccccc2)cc1. The van der Waals surface area contributed by atoms with Crippen LogP contribution in [0.3, 0.4) is 0 Å². The molecule has 0 aliphatic heterocycles. The summed E-state index contributed by atoms with van der Waals surface area (Å²) >= 11 is 1.34. The highest BCUT2D eigenvalue weighted by Crippen LogP contribution is 2.37. The molecule has 4 N–H and O–H groups in total. The van der Waals surface area contributed by atoms with E-state index in [1.54, 1.807) is 72.8 Å². The number of benzene rings is 5. The van der Waals surface area contributed by atoms with Crippen molar-refractivity contribution in [2.24, 2.45) is 0 Å². The van der Waals surface area contributed by atoms with Crippen molar-refractivity contribution in [2.75, 3.05) is 34.9 Å². The van der Waals surface area contributed by atoms with Crippen LogP contribution in [-0.4, -0.2) is 37.7 Å². The first-order chi connectivity index (χ1) is 24.1. The predicted molar refractivity (Wildman–Crippen MR) is 202 cm³/mol. The summed E-state index contributed by atoms with van der Waals surface area (Å²) in [6, 6.07) is 39.8. The van der Waals surface area contributed by atoms with Gasteiger partial charge in [0, 0.05) is 54.2 Å². The number of hydrogen-bond donors (Lipinski definition) is 4. The van der Waals surface area contributed by atoms with Crippen molar-refractivity contribution in [1.82, 2.24) is 5.32 Å². The fourth-order valence-corrected chi connectivity index (χ4v) is 5.99. The lowest BCUT2D eigenvalue weighted by Gasteiger charge is -2.18. The van der Waals surface area contributed by atoms with E-state index in [0.29, 0.717) is 22.6 Å². The molecule has 10 heteroatoms. The van der Waals surface area contributed by atoms with Gasteiger partial charge in [0.25, 0.3) is 11.8 Å². The lowest BCUT2D eigenvalue weighted by molar-refractivity contribution is -0.116. The van der Waals surface area contributed by atoms with Crippen LogP contribution >= 0.6 is 11.8 Å². The molecule has 0 aliphatic rings. The van der Waals surface area contributed by atoms with Crippen LogP contribution in [0.25, 0.3) is 6.08 Å². The van der Waals surface area contributed by atoms with Crippen LogP contribution in [-0.2, 0) is 14.4 Å². The van der Waals surface area contributed by atoms with E-state index in [1.807, 2.05) is 85.7 Å². The van der Waals surface area contributed by atoms with Gasteiger partial charge >= 0.3 is 0 Å². The van der Waals surface area contributed by atoms with Gasteiger partial charge in [-0.25, -0.2) is 0 Å². The van der Waals surface area contributed by atoms with Crippen molar-refractivity contribution >= 4 is 64.2 Å². The summed E-state index contributed by atoms with van der Waals surface area (Å²) in [5, 5.41) is 10.8. The van der Waals surface area contributed by atoms with E-state index in [4.69, 9.17) is 0 Å². The zero-order chi connectivity index (χ0) is 35.5. The molecule has 0 fully saturated rings. The van der Waals surface area contributed by atoms with E-state index >= 15 is 0 Å². The molecule has 0 saturated heterocycles. The zero-order valence-corrected chi connectivity index (χ0v) is 28.7. The quantitative estimate of drug-likeness (QED) is 0.0795. The maximum Gasteiger partial charge on any atom is 0.272 e. The Hall–Kier alpha value is -6.13. The van der Waals surface area contributed by atoms with Crippen molar-refractivity contribution in [3.63, 3.8) is 0 Å². The largest absolute Gasteiger partial charge is 0.378 e. The van der Waals surface area contributed by atoms with Crippen molar-refractivity contribution < 1.29 is 19.2 Å². The molecular weight excluding hydrogens is 647 g/mol. The first-order valence-corrected chi connectivity index (χ1v) is 16.7. The van der Waals surface area contributed by atoms with Crippen molar-refractivity contribution in [3.8, 4) is 0 Å². The van der Waals surface area contributed by atoms with Gasteiger partial charge in [0.05, 0.1) is 0 Å². The number of nitrogens with one attached hydrogen (secondary N) is 4. The second-order valence-corrected chi connectivity index (χ2v) is 12.7. The molecular formula is C40H37N5O4S. The van der Waals surface area contributed by atoms with Gasteiger partial charge in [-0.15, -0.1) is 11.8 Å². The molecule has 50 heavy (non-hydrogen) atoms. The molecule has 5 aromatic carbocycles. The molecule has 5 rings (SSSR count). The summed E-state index contributed by atoms with van der Waals surface area (Å²) in [6.45, 7) is 1.43. The molecule has 0 radical (unpaired) electrons. The van der Waals surface area contributed by atoms with Crippen LogP contribution in [0, 0.1) is 0 Å². The number of rotatable bonds is 12. The Labute approximate surface area is 295 Å². The Bertz CT molecular complexity index is 1980. The van der Waals surface area contributed by atoms with Gasteiger partial charge in [-0.1, -0.05) is 66.7 Å². The fraction of sp³-hybridized carbons (Fsp3) is 0.100. The summed E-state index contributed by atoms with van der Waals surface area (Å²) in [4.78, 5) is 54.6. The van der Waals surface area contributed by atoms with E-state index < -0.39 is 17.1 Å². The second kappa shape index (κ2) is 16.8. The molecule has 252 valence electrons. The van der Waals surface area contributed by atoms with E-state index in [9.17, 15) is 19.2 Å². The van der Waals surface area contributed by atoms with Crippen molar-refractivity contribution in [2.45, 2.75) is 17.1 Å². The number of nitrogens with zero attached hydrogens (tertiary/aromatic N) is 1. The number of anilines is 4. The topological polar surface area (TPSA) is 120 Å². The van der Waals surface area contributed by atoms with Crippen molar-refractivity contribution in [3.05, 3.63) is 156 Å².